The van der Waals surface area contributed by atoms with Crippen molar-refractivity contribution in [2.75, 3.05) is 46.4 Å². The van der Waals surface area contributed by atoms with Gasteiger partial charge in [-0.3, -0.25) is 4.90 Å². The number of likely N-dealkylation sites (tertiary alicyclic amines) is 2. The van der Waals surface area contributed by atoms with Crippen molar-refractivity contribution in [3.63, 3.8) is 0 Å². The second kappa shape index (κ2) is 10.4. The molecule has 0 aromatic heterocycles. The summed E-state index contributed by atoms with van der Waals surface area (Å²) >= 11 is 0. The van der Waals surface area contributed by atoms with Crippen molar-refractivity contribution in [3.8, 4) is 11.5 Å². The van der Waals surface area contributed by atoms with Gasteiger partial charge in [-0.15, -0.1) is 0 Å². The summed E-state index contributed by atoms with van der Waals surface area (Å²) in [5, 5.41) is 19.9. The van der Waals surface area contributed by atoms with E-state index in [0.717, 1.165) is 57.2 Å². The first kappa shape index (κ1) is 21.4. The molecule has 3 rings (SSSR count). The highest BCUT2D eigenvalue weighted by atomic mass is 16.5. The highest BCUT2D eigenvalue weighted by Crippen LogP contribution is 2.29. The molecular weight excluding hydrogens is 356 g/mol. The van der Waals surface area contributed by atoms with Gasteiger partial charge in [0.2, 0.25) is 0 Å². The zero-order valence-electron chi connectivity index (χ0n) is 17.3. The van der Waals surface area contributed by atoms with E-state index in [4.69, 9.17) is 9.47 Å². The molecule has 2 N–H and O–H groups in total. The molecular formula is C22H36N2O4. The van der Waals surface area contributed by atoms with Crippen LogP contribution in [-0.2, 0) is 6.54 Å². The van der Waals surface area contributed by atoms with Gasteiger partial charge in [0.05, 0.1) is 13.2 Å². The SMILES string of the molecule is COc1cc(CN2CCC(C)CC2)ccc1OCC(O)CN1CCC(O)CC1. The van der Waals surface area contributed by atoms with Crippen molar-refractivity contribution in [1.82, 2.24) is 9.80 Å². The second-order valence-corrected chi connectivity index (χ2v) is 8.44. The molecule has 1 atom stereocenters. The third-order valence-electron chi connectivity index (χ3n) is 5.97. The number of hydrogen-bond acceptors (Lipinski definition) is 6. The van der Waals surface area contributed by atoms with E-state index in [1.807, 2.05) is 12.1 Å². The van der Waals surface area contributed by atoms with Crippen LogP contribution < -0.4 is 9.47 Å². The summed E-state index contributed by atoms with van der Waals surface area (Å²) in [5.41, 5.74) is 1.23. The lowest BCUT2D eigenvalue weighted by Crippen LogP contribution is -2.41. The number of nitrogens with zero attached hydrogens (tertiary/aromatic N) is 2. The Kier molecular flexibility index (Phi) is 7.97. The summed E-state index contributed by atoms with van der Waals surface area (Å²) in [4.78, 5) is 4.68. The zero-order chi connectivity index (χ0) is 19.9. The lowest BCUT2D eigenvalue weighted by Gasteiger charge is -2.31. The maximum absolute atomic E-state index is 10.3. The van der Waals surface area contributed by atoms with Crippen LogP contribution in [0.15, 0.2) is 18.2 Å². The maximum atomic E-state index is 10.3. The Morgan fingerprint density at radius 1 is 1.04 bits per heavy atom. The fourth-order valence-corrected chi connectivity index (χ4v) is 4.05. The van der Waals surface area contributed by atoms with Crippen molar-refractivity contribution in [3.05, 3.63) is 23.8 Å². The number of ether oxygens (including phenoxy) is 2. The van der Waals surface area contributed by atoms with Crippen molar-refractivity contribution in [2.45, 2.75) is 51.4 Å². The molecule has 2 heterocycles. The number of aliphatic hydroxyl groups is 2. The average molecular weight is 393 g/mol. The molecule has 0 radical (unpaired) electrons. The summed E-state index contributed by atoms with van der Waals surface area (Å²) in [5.74, 6) is 2.23. The first-order valence-corrected chi connectivity index (χ1v) is 10.6. The molecule has 0 spiro atoms. The van der Waals surface area contributed by atoms with Gasteiger partial charge in [0.25, 0.3) is 0 Å². The topological polar surface area (TPSA) is 65.4 Å². The molecule has 1 aromatic carbocycles. The van der Waals surface area contributed by atoms with Gasteiger partial charge in [-0.25, -0.2) is 0 Å². The van der Waals surface area contributed by atoms with Crippen molar-refractivity contribution < 1.29 is 19.7 Å². The van der Waals surface area contributed by atoms with E-state index in [0.29, 0.717) is 12.3 Å². The van der Waals surface area contributed by atoms with Crippen LogP contribution in [0, 0.1) is 5.92 Å². The number of β-amino-alcohol motifs (C(OH)–C–C–N with tert-alkyl or cyclic N) is 1. The van der Waals surface area contributed by atoms with Gasteiger partial charge in [-0.2, -0.15) is 0 Å². The number of benzene rings is 1. The molecule has 6 heteroatoms. The molecule has 0 saturated carbocycles. The largest absolute Gasteiger partial charge is 0.493 e. The Balaban J connectivity index is 1.48. The average Bonchev–Trinajstić information content (AvgIpc) is 2.70. The highest BCUT2D eigenvalue weighted by molar-refractivity contribution is 5.43. The lowest BCUT2D eigenvalue weighted by molar-refractivity contribution is 0.0333. The van der Waals surface area contributed by atoms with Crippen LogP contribution in [0.1, 0.15) is 38.2 Å². The normalized spacial score (nSPS) is 21.6. The van der Waals surface area contributed by atoms with E-state index in [2.05, 4.69) is 22.8 Å². The third-order valence-corrected chi connectivity index (χ3v) is 5.97. The molecule has 0 bridgehead atoms. The first-order chi connectivity index (χ1) is 13.5. The fraction of sp³-hybridized carbons (Fsp3) is 0.727. The molecule has 28 heavy (non-hydrogen) atoms. The van der Waals surface area contributed by atoms with Gasteiger partial charge in [0.15, 0.2) is 11.5 Å². The first-order valence-electron chi connectivity index (χ1n) is 10.6. The second-order valence-electron chi connectivity index (χ2n) is 8.44. The van der Waals surface area contributed by atoms with Crippen LogP contribution in [-0.4, -0.2) is 78.7 Å². The Hall–Kier alpha value is -1.34. The third kappa shape index (κ3) is 6.34. The van der Waals surface area contributed by atoms with E-state index >= 15 is 0 Å². The molecule has 158 valence electrons. The van der Waals surface area contributed by atoms with Crippen LogP contribution in [0.4, 0.5) is 0 Å². The predicted molar refractivity (Wildman–Crippen MR) is 110 cm³/mol. The van der Waals surface area contributed by atoms with Crippen molar-refractivity contribution in [2.24, 2.45) is 5.92 Å². The van der Waals surface area contributed by atoms with E-state index in [-0.39, 0.29) is 12.7 Å². The molecule has 2 fully saturated rings. The molecule has 6 nitrogen and oxygen atoms in total. The Morgan fingerprint density at radius 2 is 1.71 bits per heavy atom. The van der Waals surface area contributed by atoms with Gasteiger partial charge >= 0.3 is 0 Å². The predicted octanol–water partition coefficient (Wildman–Crippen LogP) is 2.12. The number of rotatable bonds is 8. The van der Waals surface area contributed by atoms with Crippen LogP contribution in [0.25, 0.3) is 0 Å². The van der Waals surface area contributed by atoms with Crippen LogP contribution in [0.3, 0.4) is 0 Å². The minimum absolute atomic E-state index is 0.194. The molecule has 2 saturated heterocycles. The van der Waals surface area contributed by atoms with E-state index < -0.39 is 6.10 Å². The summed E-state index contributed by atoms with van der Waals surface area (Å²) in [6.45, 7) is 8.03. The van der Waals surface area contributed by atoms with Gasteiger partial charge in [0, 0.05) is 26.2 Å². The Labute approximate surface area is 169 Å². The Morgan fingerprint density at radius 3 is 2.39 bits per heavy atom. The standard InChI is InChI=1S/C22H36N2O4/c1-17-5-9-23(10-6-17)14-18-3-4-21(22(13-18)27-2)28-16-20(26)15-24-11-7-19(25)8-12-24/h3-4,13,17,19-20,25-26H,5-12,14-16H2,1-2H3. The zero-order valence-corrected chi connectivity index (χ0v) is 17.3. The highest BCUT2D eigenvalue weighted by Gasteiger charge is 2.20. The van der Waals surface area contributed by atoms with Crippen LogP contribution >= 0.6 is 0 Å². The smallest absolute Gasteiger partial charge is 0.161 e. The summed E-state index contributed by atoms with van der Waals surface area (Å²) < 4.78 is 11.4. The molecule has 1 aromatic rings. The number of piperidine rings is 2. The maximum Gasteiger partial charge on any atom is 0.161 e. The molecule has 0 amide bonds. The van der Waals surface area contributed by atoms with E-state index in [1.54, 1.807) is 7.11 Å². The quantitative estimate of drug-likeness (QED) is 0.707. The van der Waals surface area contributed by atoms with Gasteiger partial charge in [-0.1, -0.05) is 13.0 Å². The molecule has 0 aliphatic carbocycles. The summed E-state index contributed by atoms with van der Waals surface area (Å²) in [6.07, 6.45) is 3.34. The van der Waals surface area contributed by atoms with Crippen molar-refractivity contribution in [1.29, 1.82) is 0 Å². The number of hydrogen-bond donors (Lipinski definition) is 2. The minimum atomic E-state index is -0.560. The van der Waals surface area contributed by atoms with Crippen LogP contribution in [0.2, 0.25) is 0 Å². The minimum Gasteiger partial charge on any atom is -0.493 e. The molecule has 2 aliphatic heterocycles. The van der Waals surface area contributed by atoms with Crippen molar-refractivity contribution >= 4 is 0 Å². The van der Waals surface area contributed by atoms with E-state index in [1.165, 1.54) is 18.4 Å². The number of methoxy groups -OCH3 is 1. The molecule has 2 aliphatic rings. The fourth-order valence-electron chi connectivity index (χ4n) is 4.05. The number of aliphatic hydroxyl groups excluding tert-OH is 2. The summed E-state index contributed by atoms with van der Waals surface area (Å²) in [7, 11) is 1.66. The van der Waals surface area contributed by atoms with E-state index in [9.17, 15) is 10.2 Å². The van der Waals surface area contributed by atoms with Gasteiger partial charge in [0.1, 0.15) is 12.7 Å². The molecule has 1 unspecified atom stereocenters. The van der Waals surface area contributed by atoms with Gasteiger partial charge < -0.3 is 24.6 Å². The Bertz CT molecular complexity index is 596. The monoisotopic (exact) mass is 392 g/mol. The lowest BCUT2D eigenvalue weighted by atomic mass is 9.99. The summed E-state index contributed by atoms with van der Waals surface area (Å²) in [6, 6.07) is 6.09. The van der Waals surface area contributed by atoms with Gasteiger partial charge in [-0.05, 0) is 62.4 Å². The van der Waals surface area contributed by atoms with Crippen LogP contribution in [0.5, 0.6) is 11.5 Å².